The first-order valence-corrected chi connectivity index (χ1v) is 4.15. The van der Waals surface area contributed by atoms with Crippen LogP contribution in [-0.4, -0.2) is 4.57 Å². The van der Waals surface area contributed by atoms with E-state index in [1.807, 2.05) is 13.8 Å². The number of aromatic nitrogens is 1. The van der Waals surface area contributed by atoms with Gasteiger partial charge in [0.2, 0.25) is 5.56 Å². The van der Waals surface area contributed by atoms with Crippen molar-refractivity contribution < 1.29 is 13.2 Å². The smallest absolute Gasteiger partial charge is 0.318 e. The normalized spacial score (nSPS) is 10.4. The number of alkyl halides is 3. The van der Waals surface area contributed by atoms with Crippen LogP contribution in [0.2, 0.25) is 0 Å². The van der Waals surface area contributed by atoms with Crippen LogP contribution in [0.15, 0.2) is 23.1 Å². The summed E-state index contributed by atoms with van der Waals surface area (Å²) in [4.78, 5) is 10.7. The third kappa shape index (κ3) is 3.24. The summed E-state index contributed by atoms with van der Waals surface area (Å²) in [5, 5.41) is 0. The molecule has 0 bridgehead atoms. The van der Waals surface area contributed by atoms with E-state index in [1.54, 1.807) is 0 Å². The van der Waals surface area contributed by atoms with Gasteiger partial charge in [-0.2, -0.15) is 13.2 Å². The van der Waals surface area contributed by atoms with Crippen LogP contribution in [0.25, 0.3) is 0 Å². The van der Waals surface area contributed by atoms with Crippen molar-refractivity contribution in [1.29, 1.82) is 0 Å². The second-order valence-corrected chi connectivity index (χ2v) is 2.36. The summed E-state index contributed by atoms with van der Waals surface area (Å²) in [5.41, 5.74) is -1.27. The summed E-state index contributed by atoms with van der Waals surface area (Å²) < 4.78 is 36.8. The van der Waals surface area contributed by atoms with E-state index in [0.717, 1.165) is 22.9 Å². The van der Waals surface area contributed by atoms with Crippen molar-refractivity contribution in [1.82, 2.24) is 4.57 Å². The van der Waals surface area contributed by atoms with Crippen molar-refractivity contribution in [2.45, 2.75) is 20.0 Å². The molecule has 0 radical (unpaired) electrons. The molecule has 0 aliphatic rings. The van der Waals surface area contributed by atoms with Gasteiger partial charge in [-0.1, -0.05) is 13.8 Å². The third-order valence-corrected chi connectivity index (χ3v) is 1.41. The topological polar surface area (TPSA) is 22.0 Å². The van der Waals surface area contributed by atoms with Crippen LogP contribution >= 0.6 is 0 Å². The van der Waals surface area contributed by atoms with Crippen molar-refractivity contribution in [2.24, 2.45) is 7.05 Å². The first-order chi connectivity index (χ1) is 6.41. The van der Waals surface area contributed by atoms with Gasteiger partial charge in [-0.15, -0.1) is 0 Å². The Morgan fingerprint density at radius 1 is 1.21 bits per heavy atom. The summed E-state index contributed by atoms with van der Waals surface area (Å²) in [6.07, 6.45) is -3.62. The minimum Gasteiger partial charge on any atom is -0.318 e. The summed E-state index contributed by atoms with van der Waals surface area (Å²) in [7, 11) is 1.28. The maximum Gasteiger partial charge on any atom is 0.417 e. The van der Waals surface area contributed by atoms with Gasteiger partial charge in [-0.3, -0.25) is 4.79 Å². The molecule has 0 saturated heterocycles. The van der Waals surface area contributed by atoms with E-state index in [4.69, 9.17) is 0 Å². The minimum absolute atomic E-state index is 0.456. The zero-order chi connectivity index (χ0) is 11.4. The number of rotatable bonds is 0. The molecule has 0 spiro atoms. The predicted molar refractivity (Wildman–Crippen MR) is 48.0 cm³/mol. The lowest BCUT2D eigenvalue weighted by Crippen LogP contribution is -2.18. The Balaban J connectivity index is 0.000000791. The molecule has 5 heteroatoms. The Morgan fingerprint density at radius 3 is 2.07 bits per heavy atom. The number of pyridine rings is 1. The van der Waals surface area contributed by atoms with E-state index in [1.165, 1.54) is 7.05 Å². The van der Waals surface area contributed by atoms with Gasteiger partial charge in [-0.05, 0) is 6.07 Å². The summed E-state index contributed by atoms with van der Waals surface area (Å²) in [6, 6.07) is 1.66. The molecule has 14 heavy (non-hydrogen) atoms. The Bertz CT molecular complexity index is 341. The molecule has 0 aliphatic carbocycles. The quantitative estimate of drug-likeness (QED) is 0.640. The SMILES string of the molecule is CC.Cn1cc(C(F)(F)F)ccc1=O. The van der Waals surface area contributed by atoms with E-state index in [-0.39, 0.29) is 0 Å². The van der Waals surface area contributed by atoms with Gasteiger partial charge in [0.05, 0.1) is 5.56 Å². The first kappa shape index (κ1) is 12.7. The van der Waals surface area contributed by atoms with Crippen molar-refractivity contribution in [2.75, 3.05) is 0 Å². The zero-order valence-corrected chi connectivity index (χ0v) is 8.22. The fourth-order valence-corrected chi connectivity index (χ4v) is 0.762. The molecule has 0 aromatic carbocycles. The summed E-state index contributed by atoms with van der Waals surface area (Å²) >= 11 is 0. The van der Waals surface area contributed by atoms with Crippen molar-refractivity contribution in [3.63, 3.8) is 0 Å². The molecule has 0 fully saturated rings. The van der Waals surface area contributed by atoms with Crippen molar-refractivity contribution in [3.05, 3.63) is 34.2 Å². The van der Waals surface area contributed by atoms with Crippen LogP contribution < -0.4 is 5.56 Å². The van der Waals surface area contributed by atoms with Crippen LogP contribution in [0.4, 0.5) is 13.2 Å². The number of hydrogen-bond donors (Lipinski definition) is 0. The summed E-state index contributed by atoms with van der Waals surface area (Å²) in [6.45, 7) is 4.00. The lowest BCUT2D eigenvalue weighted by atomic mass is 10.3. The molecule has 1 heterocycles. The number of aryl methyl sites for hydroxylation is 1. The average Bonchev–Trinajstić information content (AvgIpc) is 2.11. The van der Waals surface area contributed by atoms with Crippen LogP contribution in [0.3, 0.4) is 0 Å². The van der Waals surface area contributed by atoms with E-state index < -0.39 is 17.3 Å². The van der Waals surface area contributed by atoms with Crippen LogP contribution in [0.5, 0.6) is 0 Å². The molecule has 0 atom stereocenters. The molecule has 0 saturated carbocycles. The molecular formula is C9H12F3NO. The number of nitrogens with zero attached hydrogens (tertiary/aromatic N) is 1. The van der Waals surface area contributed by atoms with Gasteiger partial charge in [0.25, 0.3) is 0 Å². The highest BCUT2D eigenvalue weighted by atomic mass is 19.4. The highest BCUT2D eigenvalue weighted by molar-refractivity contribution is 5.13. The Labute approximate surface area is 80.0 Å². The minimum atomic E-state index is -4.38. The first-order valence-electron chi connectivity index (χ1n) is 4.15. The molecular weight excluding hydrogens is 195 g/mol. The summed E-state index contributed by atoms with van der Waals surface area (Å²) in [5.74, 6) is 0. The van der Waals surface area contributed by atoms with E-state index in [2.05, 4.69) is 0 Å². The monoisotopic (exact) mass is 207 g/mol. The molecule has 0 aliphatic heterocycles. The molecule has 1 rings (SSSR count). The molecule has 0 unspecified atom stereocenters. The second-order valence-electron chi connectivity index (χ2n) is 2.36. The van der Waals surface area contributed by atoms with Crippen LogP contribution in [0, 0.1) is 0 Å². The number of hydrogen-bond acceptors (Lipinski definition) is 1. The highest BCUT2D eigenvalue weighted by Crippen LogP contribution is 2.27. The van der Waals surface area contributed by atoms with Gasteiger partial charge in [-0.25, -0.2) is 0 Å². The average molecular weight is 207 g/mol. The second kappa shape index (κ2) is 4.83. The Kier molecular flexibility index (Phi) is 4.40. The van der Waals surface area contributed by atoms with E-state index >= 15 is 0 Å². The van der Waals surface area contributed by atoms with Gasteiger partial charge >= 0.3 is 6.18 Å². The molecule has 80 valence electrons. The highest BCUT2D eigenvalue weighted by Gasteiger charge is 2.30. The maximum atomic E-state index is 12.0. The van der Waals surface area contributed by atoms with Crippen LogP contribution in [-0.2, 0) is 13.2 Å². The largest absolute Gasteiger partial charge is 0.417 e. The third-order valence-electron chi connectivity index (χ3n) is 1.41. The maximum absolute atomic E-state index is 12.0. The van der Waals surface area contributed by atoms with E-state index in [9.17, 15) is 18.0 Å². The fraction of sp³-hybridized carbons (Fsp3) is 0.444. The molecule has 1 aromatic rings. The van der Waals surface area contributed by atoms with Gasteiger partial charge in [0, 0.05) is 19.3 Å². The van der Waals surface area contributed by atoms with Gasteiger partial charge < -0.3 is 4.57 Å². The lowest BCUT2D eigenvalue weighted by Gasteiger charge is -2.06. The molecule has 0 N–H and O–H groups in total. The standard InChI is InChI=1S/C7H6F3NO.C2H6/c1-11-4-5(7(8,9)10)2-3-6(11)12;1-2/h2-4H,1H3;1-2H3. The van der Waals surface area contributed by atoms with Gasteiger partial charge in [0.1, 0.15) is 0 Å². The molecule has 2 nitrogen and oxygen atoms in total. The van der Waals surface area contributed by atoms with E-state index in [0.29, 0.717) is 0 Å². The molecule has 1 aromatic heterocycles. The van der Waals surface area contributed by atoms with Gasteiger partial charge in [0.15, 0.2) is 0 Å². The Hall–Kier alpha value is -1.26. The lowest BCUT2D eigenvalue weighted by molar-refractivity contribution is -0.138. The van der Waals surface area contributed by atoms with Crippen molar-refractivity contribution in [3.8, 4) is 0 Å². The Morgan fingerprint density at radius 2 is 1.71 bits per heavy atom. The number of halogens is 3. The van der Waals surface area contributed by atoms with Crippen LogP contribution in [0.1, 0.15) is 19.4 Å². The molecule has 0 amide bonds. The van der Waals surface area contributed by atoms with Crippen molar-refractivity contribution >= 4 is 0 Å². The fourth-order valence-electron chi connectivity index (χ4n) is 0.762. The predicted octanol–water partition coefficient (Wildman–Crippen LogP) is 2.43. The zero-order valence-electron chi connectivity index (χ0n) is 8.22.